The number of benzene rings is 1. The van der Waals surface area contributed by atoms with E-state index in [-0.39, 0.29) is 0 Å². The summed E-state index contributed by atoms with van der Waals surface area (Å²) in [5, 5.41) is 0. The van der Waals surface area contributed by atoms with Crippen LogP contribution in [0.2, 0.25) is 0 Å². The Morgan fingerprint density at radius 2 is 2.29 bits per heavy atom. The van der Waals surface area contributed by atoms with Gasteiger partial charge in [-0.3, -0.25) is 4.90 Å². The van der Waals surface area contributed by atoms with Crippen molar-refractivity contribution in [2.24, 2.45) is 5.92 Å². The molecule has 130 valence electrons. The van der Waals surface area contributed by atoms with Gasteiger partial charge in [-0.15, -0.1) is 0 Å². The highest BCUT2D eigenvalue weighted by molar-refractivity contribution is 5.33. The summed E-state index contributed by atoms with van der Waals surface area (Å²) >= 11 is 0. The summed E-state index contributed by atoms with van der Waals surface area (Å²) in [5.74, 6) is 1.62. The van der Waals surface area contributed by atoms with Crippen LogP contribution >= 0.6 is 0 Å². The number of hydrogen-bond donors (Lipinski definition) is 0. The molecule has 1 aromatic heterocycles. The van der Waals surface area contributed by atoms with Crippen LogP contribution in [0.5, 0.6) is 5.75 Å². The highest BCUT2D eigenvalue weighted by Gasteiger charge is 2.20. The van der Waals surface area contributed by atoms with Gasteiger partial charge in [0.1, 0.15) is 5.75 Å². The van der Waals surface area contributed by atoms with E-state index in [9.17, 15) is 0 Å². The van der Waals surface area contributed by atoms with Crippen molar-refractivity contribution in [3.05, 3.63) is 48.5 Å². The van der Waals surface area contributed by atoms with E-state index in [2.05, 4.69) is 26.6 Å². The number of aryl methyl sites for hydroxylation is 1. The molecule has 0 N–H and O–H groups in total. The molecular formula is C19H27N3O2. The molecule has 2 aromatic rings. The molecule has 1 unspecified atom stereocenters. The predicted molar refractivity (Wildman–Crippen MR) is 94.0 cm³/mol. The summed E-state index contributed by atoms with van der Waals surface area (Å²) in [6.45, 7) is 5.87. The van der Waals surface area contributed by atoms with Gasteiger partial charge >= 0.3 is 0 Å². The second-order valence-corrected chi connectivity index (χ2v) is 6.43. The first-order valence-electron chi connectivity index (χ1n) is 8.73. The smallest absolute Gasteiger partial charge is 0.123 e. The molecule has 2 heterocycles. The van der Waals surface area contributed by atoms with Gasteiger partial charge in [0.15, 0.2) is 0 Å². The first kappa shape index (κ1) is 17.0. The van der Waals surface area contributed by atoms with E-state index in [1.165, 1.54) is 12.0 Å². The fourth-order valence-corrected chi connectivity index (χ4v) is 3.30. The Morgan fingerprint density at radius 1 is 1.38 bits per heavy atom. The summed E-state index contributed by atoms with van der Waals surface area (Å²) in [6.07, 6.45) is 8.02. The predicted octanol–water partition coefficient (Wildman–Crippen LogP) is 2.82. The Kier molecular flexibility index (Phi) is 6.26. The first-order chi connectivity index (χ1) is 11.8. The molecule has 1 aromatic carbocycles. The number of ether oxygens (including phenoxy) is 2. The summed E-state index contributed by atoms with van der Waals surface area (Å²) in [4.78, 5) is 6.65. The van der Waals surface area contributed by atoms with Gasteiger partial charge in [0.05, 0.1) is 20.0 Å². The molecule has 5 nitrogen and oxygen atoms in total. The zero-order chi connectivity index (χ0) is 16.6. The van der Waals surface area contributed by atoms with Crippen LogP contribution in [0.3, 0.4) is 0 Å². The van der Waals surface area contributed by atoms with E-state index in [1.54, 1.807) is 7.11 Å². The van der Waals surface area contributed by atoms with Crippen LogP contribution in [-0.4, -0.2) is 47.9 Å². The highest BCUT2D eigenvalue weighted by atomic mass is 16.5. The van der Waals surface area contributed by atoms with Gasteiger partial charge in [-0.2, -0.15) is 0 Å². The van der Waals surface area contributed by atoms with E-state index < -0.39 is 0 Å². The van der Waals surface area contributed by atoms with Gasteiger partial charge in [0.25, 0.3) is 0 Å². The lowest BCUT2D eigenvalue weighted by Gasteiger charge is -2.26. The Balaban J connectivity index is 1.59. The topological polar surface area (TPSA) is 39.5 Å². The molecule has 1 saturated heterocycles. The van der Waals surface area contributed by atoms with E-state index in [1.807, 2.05) is 30.9 Å². The van der Waals surface area contributed by atoms with Crippen molar-refractivity contribution in [1.82, 2.24) is 14.5 Å². The van der Waals surface area contributed by atoms with Gasteiger partial charge < -0.3 is 14.0 Å². The van der Waals surface area contributed by atoms with Crippen molar-refractivity contribution in [2.75, 3.05) is 33.4 Å². The number of methoxy groups -OCH3 is 1. The van der Waals surface area contributed by atoms with Gasteiger partial charge in [-0.1, -0.05) is 18.2 Å². The van der Waals surface area contributed by atoms with Gasteiger partial charge in [-0.25, -0.2) is 4.98 Å². The second kappa shape index (κ2) is 8.85. The van der Waals surface area contributed by atoms with E-state index in [0.29, 0.717) is 5.92 Å². The van der Waals surface area contributed by atoms with Crippen LogP contribution in [0.15, 0.2) is 43.0 Å². The molecule has 0 spiro atoms. The van der Waals surface area contributed by atoms with E-state index in [0.717, 1.165) is 51.6 Å². The Hall–Kier alpha value is -1.85. The quantitative estimate of drug-likeness (QED) is 0.709. The number of aromatic nitrogens is 2. The molecule has 24 heavy (non-hydrogen) atoms. The minimum absolute atomic E-state index is 0.646. The fraction of sp³-hybridized carbons (Fsp3) is 0.526. The summed E-state index contributed by atoms with van der Waals surface area (Å²) in [5.41, 5.74) is 1.25. The van der Waals surface area contributed by atoms with Gasteiger partial charge in [-0.05, 0) is 24.8 Å². The monoisotopic (exact) mass is 329 g/mol. The second-order valence-electron chi connectivity index (χ2n) is 6.43. The summed E-state index contributed by atoms with van der Waals surface area (Å²) in [7, 11) is 1.74. The Bertz CT molecular complexity index is 594. The third kappa shape index (κ3) is 4.82. The summed E-state index contributed by atoms with van der Waals surface area (Å²) < 4.78 is 13.2. The number of hydrogen-bond acceptors (Lipinski definition) is 4. The molecular weight excluding hydrogens is 302 g/mol. The normalized spacial score (nSPS) is 17.5. The third-order valence-corrected chi connectivity index (χ3v) is 4.58. The molecule has 0 amide bonds. The van der Waals surface area contributed by atoms with Crippen LogP contribution < -0.4 is 4.74 Å². The van der Waals surface area contributed by atoms with Crippen LogP contribution in [0.4, 0.5) is 0 Å². The van der Waals surface area contributed by atoms with Crippen LogP contribution in [0.1, 0.15) is 18.4 Å². The van der Waals surface area contributed by atoms with Crippen LogP contribution in [0, 0.1) is 5.92 Å². The minimum Gasteiger partial charge on any atom is -0.496 e. The average Bonchev–Trinajstić information content (AvgIpc) is 3.29. The average molecular weight is 329 g/mol. The van der Waals surface area contributed by atoms with Gasteiger partial charge in [0, 0.05) is 50.7 Å². The van der Waals surface area contributed by atoms with Crippen molar-refractivity contribution >= 4 is 0 Å². The van der Waals surface area contributed by atoms with Crippen molar-refractivity contribution in [3.8, 4) is 5.75 Å². The zero-order valence-electron chi connectivity index (χ0n) is 14.4. The molecule has 3 rings (SSSR count). The first-order valence-corrected chi connectivity index (χ1v) is 8.73. The third-order valence-electron chi connectivity index (χ3n) is 4.58. The van der Waals surface area contributed by atoms with Crippen molar-refractivity contribution in [2.45, 2.75) is 25.9 Å². The molecule has 0 bridgehead atoms. The maximum Gasteiger partial charge on any atom is 0.123 e. The zero-order valence-corrected chi connectivity index (χ0v) is 14.4. The maximum absolute atomic E-state index is 5.55. The molecule has 0 radical (unpaired) electrons. The van der Waals surface area contributed by atoms with Crippen molar-refractivity contribution < 1.29 is 9.47 Å². The molecule has 0 saturated carbocycles. The molecule has 5 heteroatoms. The SMILES string of the molecule is COc1ccccc1CN(CCCn1ccnc1)CC1CCOC1. The maximum atomic E-state index is 5.55. The van der Waals surface area contributed by atoms with Crippen LogP contribution in [0.25, 0.3) is 0 Å². The molecule has 1 fully saturated rings. The fourth-order valence-electron chi connectivity index (χ4n) is 3.30. The number of imidazole rings is 1. The standard InChI is InChI=1S/C19H27N3O2/c1-23-19-6-3-2-5-18(19)14-22(13-17-7-12-24-15-17)10-4-9-21-11-8-20-16-21/h2-3,5-6,8,11,16-17H,4,7,9-10,12-15H2,1H3. The highest BCUT2D eigenvalue weighted by Crippen LogP contribution is 2.21. The van der Waals surface area contributed by atoms with E-state index in [4.69, 9.17) is 9.47 Å². The summed E-state index contributed by atoms with van der Waals surface area (Å²) in [6, 6.07) is 8.31. The van der Waals surface area contributed by atoms with Crippen molar-refractivity contribution in [3.63, 3.8) is 0 Å². The molecule has 1 aliphatic rings. The minimum atomic E-state index is 0.646. The number of rotatable bonds is 9. The lowest BCUT2D eigenvalue weighted by molar-refractivity contribution is 0.162. The molecule has 0 aliphatic carbocycles. The Morgan fingerprint density at radius 3 is 3.04 bits per heavy atom. The lowest BCUT2D eigenvalue weighted by atomic mass is 10.1. The lowest BCUT2D eigenvalue weighted by Crippen LogP contribution is -2.31. The number of para-hydroxylation sites is 1. The molecule has 1 aliphatic heterocycles. The van der Waals surface area contributed by atoms with Gasteiger partial charge in [0.2, 0.25) is 0 Å². The van der Waals surface area contributed by atoms with Crippen LogP contribution in [-0.2, 0) is 17.8 Å². The number of nitrogens with zero attached hydrogens (tertiary/aromatic N) is 3. The largest absolute Gasteiger partial charge is 0.496 e. The van der Waals surface area contributed by atoms with Crippen molar-refractivity contribution in [1.29, 1.82) is 0 Å². The Labute approximate surface area is 144 Å². The van der Waals surface area contributed by atoms with E-state index >= 15 is 0 Å². The molecule has 1 atom stereocenters.